The van der Waals surface area contributed by atoms with Gasteiger partial charge >= 0.3 is 6.09 Å². The maximum atomic E-state index is 11.9. The molecular weight excluding hydrogens is 250 g/mol. The van der Waals surface area contributed by atoms with Gasteiger partial charge in [-0.3, -0.25) is 4.79 Å². The highest BCUT2D eigenvalue weighted by molar-refractivity contribution is 5.96. The molecule has 0 saturated carbocycles. The van der Waals surface area contributed by atoms with Crippen molar-refractivity contribution < 1.29 is 24.2 Å². The van der Waals surface area contributed by atoms with Gasteiger partial charge in [-0.15, -0.1) is 0 Å². The van der Waals surface area contributed by atoms with Crippen molar-refractivity contribution in [3.63, 3.8) is 0 Å². The predicted molar refractivity (Wildman–Crippen MR) is 67.0 cm³/mol. The SMILES string of the molecule is O=C(O)NCCCC(=O)c1ccc2c(c1)OCCO2. The van der Waals surface area contributed by atoms with E-state index in [0.29, 0.717) is 43.1 Å². The maximum absolute atomic E-state index is 11.9. The number of carbonyl (C=O) groups is 2. The number of Topliss-reactive ketones (excluding diaryl/α,β-unsaturated/α-hetero) is 1. The van der Waals surface area contributed by atoms with Gasteiger partial charge in [-0.05, 0) is 24.6 Å². The number of fused-ring (bicyclic) bond motifs is 1. The molecule has 102 valence electrons. The van der Waals surface area contributed by atoms with Crippen molar-refractivity contribution in [1.82, 2.24) is 5.32 Å². The van der Waals surface area contributed by atoms with E-state index in [4.69, 9.17) is 14.6 Å². The summed E-state index contributed by atoms with van der Waals surface area (Å²) in [4.78, 5) is 22.2. The third kappa shape index (κ3) is 3.61. The van der Waals surface area contributed by atoms with E-state index < -0.39 is 6.09 Å². The van der Waals surface area contributed by atoms with Crippen LogP contribution in [-0.4, -0.2) is 36.7 Å². The van der Waals surface area contributed by atoms with Crippen molar-refractivity contribution in [3.05, 3.63) is 23.8 Å². The summed E-state index contributed by atoms with van der Waals surface area (Å²) in [5.74, 6) is 1.19. The van der Waals surface area contributed by atoms with Gasteiger partial charge < -0.3 is 19.9 Å². The van der Waals surface area contributed by atoms with Crippen LogP contribution in [-0.2, 0) is 0 Å². The van der Waals surface area contributed by atoms with E-state index in [-0.39, 0.29) is 12.3 Å². The Bertz CT molecular complexity index is 486. The van der Waals surface area contributed by atoms with Crippen molar-refractivity contribution in [2.45, 2.75) is 12.8 Å². The first-order chi connectivity index (χ1) is 9.16. The van der Waals surface area contributed by atoms with Crippen LogP contribution in [0.1, 0.15) is 23.2 Å². The van der Waals surface area contributed by atoms with Gasteiger partial charge in [-0.1, -0.05) is 0 Å². The Morgan fingerprint density at radius 3 is 2.68 bits per heavy atom. The highest BCUT2D eigenvalue weighted by Crippen LogP contribution is 2.31. The zero-order valence-electron chi connectivity index (χ0n) is 10.3. The minimum Gasteiger partial charge on any atom is -0.486 e. The molecule has 0 fully saturated rings. The van der Waals surface area contributed by atoms with Crippen LogP contribution >= 0.6 is 0 Å². The Kier molecular flexibility index (Phi) is 4.22. The number of hydrogen-bond donors (Lipinski definition) is 2. The summed E-state index contributed by atoms with van der Waals surface area (Å²) >= 11 is 0. The molecule has 0 bridgehead atoms. The summed E-state index contributed by atoms with van der Waals surface area (Å²) in [7, 11) is 0. The molecule has 0 unspecified atom stereocenters. The summed E-state index contributed by atoms with van der Waals surface area (Å²) in [5.41, 5.74) is 0.555. The zero-order chi connectivity index (χ0) is 13.7. The third-order valence-corrected chi connectivity index (χ3v) is 2.72. The number of rotatable bonds is 5. The van der Waals surface area contributed by atoms with Gasteiger partial charge in [0, 0.05) is 18.5 Å². The van der Waals surface area contributed by atoms with Crippen molar-refractivity contribution >= 4 is 11.9 Å². The van der Waals surface area contributed by atoms with Crippen molar-refractivity contribution in [3.8, 4) is 11.5 Å². The number of amides is 1. The van der Waals surface area contributed by atoms with E-state index in [2.05, 4.69) is 5.32 Å². The van der Waals surface area contributed by atoms with Crippen LogP contribution in [0, 0.1) is 0 Å². The average molecular weight is 265 g/mol. The van der Waals surface area contributed by atoms with E-state index in [1.165, 1.54) is 0 Å². The molecular formula is C13H15NO5. The van der Waals surface area contributed by atoms with Gasteiger partial charge in [0.1, 0.15) is 13.2 Å². The lowest BCUT2D eigenvalue weighted by molar-refractivity contribution is 0.0978. The summed E-state index contributed by atoms with van der Waals surface area (Å²) in [6, 6.07) is 5.08. The third-order valence-electron chi connectivity index (χ3n) is 2.72. The molecule has 1 heterocycles. The van der Waals surface area contributed by atoms with Gasteiger partial charge in [-0.2, -0.15) is 0 Å². The number of carbonyl (C=O) groups excluding carboxylic acids is 1. The van der Waals surface area contributed by atoms with Crippen LogP contribution < -0.4 is 14.8 Å². The van der Waals surface area contributed by atoms with E-state index in [1.807, 2.05) is 0 Å². The first kappa shape index (κ1) is 13.2. The van der Waals surface area contributed by atoms with Crippen LogP contribution in [0.25, 0.3) is 0 Å². The molecule has 2 N–H and O–H groups in total. The second kappa shape index (κ2) is 6.08. The molecule has 0 aromatic heterocycles. The second-order valence-electron chi connectivity index (χ2n) is 4.12. The van der Waals surface area contributed by atoms with Crippen LogP contribution in [0.2, 0.25) is 0 Å². The Morgan fingerprint density at radius 2 is 1.95 bits per heavy atom. The molecule has 1 aliphatic heterocycles. The molecule has 0 radical (unpaired) electrons. The van der Waals surface area contributed by atoms with Crippen molar-refractivity contribution in [1.29, 1.82) is 0 Å². The van der Waals surface area contributed by atoms with Crippen LogP contribution in [0.4, 0.5) is 4.79 Å². The summed E-state index contributed by atoms with van der Waals surface area (Å²) in [6.07, 6.45) is -0.314. The molecule has 1 amide bonds. The quantitative estimate of drug-likeness (QED) is 0.625. The van der Waals surface area contributed by atoms with Crippen LogP contribution in [0.5, 0.6) is 11.5 Å². The predicted octanol–water partition coefficient (Wildman–Crippen LogP) is 1.69. The standard InChI is InChI=1S/C13H15NO5/c15-10(2-1-5-14-13(16)17)9-3-4-11-12(8-9)19-7-6-18-11/h3-4,8,14H,1-2,5-7H2,(H,16,17). The number of nitrogens with one attached hydrogen (secondary N) is 1. The molecule has 1 aromatic rings. The molecule has 0 spiro atoms. The van der Waals surface area contributed by atoms with Crippen molar-refractivity contribution in [2.75, 3.05) is 19.8 Å². The minimum atomic E-state index is -1.08. The number of benzene rings is 1. The van der Waals surface area contributed by atoms with E-state index >= 15 is 0 Å². The molecule has 0 atom stereocenters. The van der Waals surface area contributed by atoms with Gasteiger partial charge in [0.2, 0.25) is 0 Å². The highest BCUT2D eigenvalue weighted by atomic mass is 16.6. The van der Waals surface area contributed by atoms with E-state index in [1.54, 1.807) is 18.2 Å². The number of ketones is 1. The Morgan fingerprint density at radius 1 is 1.21 bits per heavy atom. The van der Waals surface area contributed by atoms with E-state index in [9.17, 15) is 9.59 Å². The lowest BCUT2D eigenvalue weighted by Crippen LogP contribution is -2.22. The smallest absolute Gasteiger partial charge is 0.404 e. The Hall–Kier alpha value is -2.24. The molecule has 6 heteroatoms. The number of carboxylic acid groups (broad SMARTS) is 1. The number of ether oxygens (including phenoxy) is 2. The molecule has 2 rings (SSSR count). The van der Waals surface area contributed by atoms with Crippen LogP contribution in [0.15, 0.2) is 18.2 Å². The highest BCUT2D eigenvalue weighted by Gasteiger charge is 2.14. The average Bonchev–Trinajstić information content (AvgIpc) is 2.42. The van der Waals surface area contributed by atoms with E-state index in [0.717, 1.165) is 0 Å². The molecule has 19 heavy (non-hydrogen) atoms. The fraction of sp³-hybridized carbons (Fsp3) is 0.385. The summed E-state index contributed by atoms with van der Waals surface area (Å²) in [5, 5.41) is 10.6. The Balaban J connectivity index is 1.90. The molecule has 0 saturated heterocycles. The normalized spacial score (nSPS) is 12.8. The molecule has 1 aromatic carbocycles. The fourth-order valence-electron chi connectivity index (χ4n) is 1.81. The topological polar surface area (TPSA) is 84.9 Å². The monoisotopic (exact) mass is 265 g/mol. The summed E-state index contributed by atoms with van der Waals surface area (Å²) < 4.78 is 10.8. The van der Waals surface area contributed by atoms with Gasteiger partial charge in [0.25, 0.3) is 0 Å². The van der Waals surface area contributed by atoms with Crippen LogP contribution in [0.3, 0.4) is 0 Å². The van der Waals surface area contributed by atoms with Gasteiger partial charge in [-0.25, -0.2) is 4.79 Å². The fourth-order valence-corrected chi connectivity index (χ4v) is 1.81. The molecule has 0 aliphatic carbocycles. The first-order valence-electron chi connectivity index (χ1n) is 6.06. The largest absolute Gasteiger partial charge is 0.486 e. The lowest BCUT2D eigenvalue weighted by atomic mass is 10.1. The van der Waals surface area contributed by atoms with Gasteiger partial charge in [0.15, 0.2) is 17.3 Å². The maximum Gasteiger partial charge on any atom is 0.404 e. The van der Waals surface area contributed by atoms with Gasteiger partial charge in [0.05, 0.1) is 0 Å². The minimum absolute atomic E-state index is 0.0378. The lowest BCUT2D eigenvalue weighted by Gasteiger charge is -2.18. The molecule has 6 nitrogen and oxygen atoms in total. The Labute approximate surface area is 110 Å². The second-order valence-corrected chi connectivity index (χ2v) is 4.12. The molecule has 1 aliphatic rings. The number of hydrogen-bond acceptors (Lipinski definition) is 4. The zero-order valence-corrected chi connectivity index (χ0v) is 10.3. The summed E-state index contributed by atoms with van der Waals surface area (Å²) in [6.45, 7) is 1.26. The van der Waals surface area contributed by atoms with Crippen molar-refractivity contribution in [2.24, 2.45) is 0 Å². The first-order valence-corrected chi connectivity index (χ1v) is 6.06.